The molecule has 0 saturated carbocycles. The first kappa shape index (κ1) is 15.9. The molecule has 1 atom stereocenters. The summed E-state index contributed by atoms with van der Waals surface area (Å²) in [6.45, 7) is 1.94. The van der Waals surface area contributed by atoms with Gasteiger partial charge in [0, 0.05) is 12.8 Å². The summed E-state index contributed by atoms with van der Waals surface area (Å²) >= 11 is 0. The Morgan fingerprint density at radius 1 is 1.23 bits per heavy atom. The second-order valence-corrected chi connectivity index (χ2v) is 4.98. The zero-order valence-corrected chi connectivity index (χ0v) is 13.1. The molecule has 118 valence electrons. The largest absolute Gasteiger partial charge is 0.493 e. The van der Waals surface area contributed by atoms with E-state index >= 15 is 0 Å². The van der Waals surface area contributed by atoms with Crippen molar-refractivity contribution >= 4 is 5.91 Å². The number of nitrogens with one attached hydrogen (secondary N) is 1. The molecule has 2 rings (SSSR count). The molecule has 0 aliphatic carbocycles. The molecule has 0 bridgehead atoms. The summed E-state index contributed by atoms with van der Waals surface area (Å²) in [6.07, 6.45) is 2.60. The lowest BCUT2D eigenvalue weighted by molar-refractivity contribution is -0.121. The number of rotatable bonds is 7. The van der Waals surface area contributed by atoms with E-state index in [1.54, 1.807) is 20.5 Å². The number of carbonyl (C=O) groups excluding carboxylic acids is 1. The third kappa shape index (κ3) is 4.04. The quantitative estimate of drug-likeness (QED) is 0.854. The molecule has 0 spiro atoms. The molecule has 5 nitrogen and oxygen atoms in total. The summed E-state index contributed by atoms with van der Waals surface area (Å²) in [6, 6.07) is 9.20. The molecule has 1 heterocycles. The van der Waals surface area contributed by atoms with Gasteiger partial charge >= 0.3 is 0 Å². The molecule has 0 saturated heterocycles. The van der Waals surface area contributed by atoms with Gasteiger partial charge in [0.2, 0.25) is 5.91 Å². The third-order valence-corrected chi connectivity index (χ3v) is 3.46. The van der Waals surface area contributed by atoms with Crippen molar-refractivity contribution < 1.29 is 18.7 Å². The number of aryl methyl sites for hydroxylation is 1. The highest BCUT2D eigenvalue weighted by molar-refractivity contribution is 5.76. The summed E-state index contributed by atoms with van der Waals surface area (Å²) in [5.74, 6) is 2.12. The maximum Gasteiger partial charge on any atom is 0.220 e. The summed E-state index contributed by atoms with van der Waals surface area (Å²) in [4.78, 5) is 12.0. The number of amides is 1. The van der Waals surface area contributed by atoms with Crippen LogP contribution in [0.2, 0.25) is 0 Å². The maximum atomic E-state index is 12.0. The van der Waals surface area contributed by atoms with E-state index in [-0.39, 0.29) is 11.9 Å². The molecule has 1 unspecified atom stereocenters. The van der Waals surface area contributed by atoms with Crippen molar-refractivity contribution in [2.45, 2.75) is 25.8 Å². The number of benzene rings is 1. The Balaban J connectivity index is 1.93. The van der Waals surface area contributed by atoms with Crippen LogP contribution < -0.4 is 14.8 Å². The highest BCUT2D eigenvalue weighted by Crippen LogP contribution is 2.29. The molecular formula is C17H21NO4. The molecule has 1 aromatic carbocycles. The standard InChI is InChI=1S/C17H21NO4/c1-12(13-6-8-15(20-2)16(11-13)21-3)18-17(19)9-7-14-5-4-10-22-14/h4-6,8,10-12H,7,9H2,1-3H3,(H,18,19). The van der Waals surface area contributed by atoms with Crippen LogP contribution in [-0.4, -0.2) is 20.1 Å². The van der Waals surface area contributed by atoms with Gasteiger partial charge in [-0.3, -0.25) is 4.79 Å². The smallest absolute Gasteiger partial charge is 0.220 e. The highest BCUT2D eigenvalue weighted by Gasteiger charge is 2.13. The SMILES string of the molecule is COc1ccc(C(C)NC(=O)CCc2ccco2)cc1OC. The van der Waals surface area contributed by atoms with Gasteiger partial charge in [-0.2, -0.15) is 0 Å². The fourth-order valence-electron chi connectivity index (χ4n) is 2.21. The Bertz CT molecular complexity index is 607. The fourth-order valence-corrected chi connectivity index (χ4v) is 2.21. The molecule has 2 aromatic rings. The average molecular weight is 303 g/mol. The first-order valence-corrected chi connectivity index (χ1v) is 7.17. The van der Waals surface area contributed by atoms with Gasteiger partial charge < -0.3 is 19.2 Å². The van der Waals surface area contributed by atoms with Crippen LogP contribution in [-0.2, 0) is 11.2 Å². The zero-order valence-electron chi connectivity index (χ0n) is 13.1. The summed E-state index contributed by atoms with van der Waals surface area (Å²) in [5.41, 5.74) is 0.962. The van der Waals surface area contributed by atoms with E-state index in [1.165, 1.54) is 0 Å². The third-order valence-electron chi connectivity index (χ3n) is 3.46. The Hall–Kier alpha value is -2.43. The Morgan fingerprint density at radius 2 is 2.00 bits per heavy atom. The molecule has 0 radical (unpaired) electrons. The highest BCUT2D eigenvalue weighted by atomic mass is 16.5. The Labute approximate surface area is 130 Å². The van der Waals surface area contributed by atoms with Crippen LogP contribution >= 0.6 is 0 Å². The van der Waals surface area contributed by atoms with E-state index < -0.39 is 0 Å². The monoisotopic (exact) mass is 303 g/mol. The molecule has 1 amide bonds. The summed E-state index contributed by atoms with van der Waals surface area (Å²) in [5, 5.41) is 2.97. The average Bonchev–Trinajstić information content (AvgIpc) is 3.05. The van der Waals surface area contributed by atoms with Gasteiger partial charge in [-0.25, -0.2) is 0 Å². The topological polar surface area (TPSA) is 60.7 Å². The number of ether oxygens (including phenoxy) is 2. The molecular weight excluding hydrogens is 282 g/mol. The minimum absolute atomic E-state index is 0.0151. The first-order chi connectivity index (χ1) is 10.6. The molecule has 0 aliphatic rings. The van der Waals surface area contributed by atoms with Gasteiger partial charge in [0.05, 0.1) is 26.5 Å². The normalized spacial score (nSPS) is 11.8. The molecule has 1 aromatic heterocycles. The predicted molar refractivity (Wildman–Crippen MR) is 83.1 cm³/mol. The Morgan fingerprint density at radius 3 is 2.64 bits per heavy atom. The van der Waals surface area contributed by atoms with Gasteiger partial charge in [0.15, 0.2) is 11.5 Å². The van der Waals surface area contributed by atoms with Crippen molar-refractivity contribution in [1.82, 2.24) is 5.32 Å². The first-order valence-electron chi connectivity index (χ1n) is 7.17. The molecule has 0 aliphatic heterocycles. The minimum atomic E-state index is -0.107. The lowest BCUT2D eigenvalue weighted by atomic mass is 10.1. The van der Waals surface area contributed by atoms with Crippen LogP contribution in [0, 0.1) is 0 Å². The van der Waals surface area contributed by atoms with Crippen LogP contribution in [0.4, 0.5) is 0 Å². The predicted octanol–water partition coefficient (Wildman–Crippen LogP) is 3.11. The fraction of sp³-hybridized carbons (Fsp3) is 0.353. The summed E-state index contributed by atoms with van der Waals surface area (Å²) in [7, 11) is 3.19. The van der Waals surface area contributed by atoms with Crippen LogP contribution in [0.5, 0.6) is 11.5 Å². The lowest BCUT2D eigenvalue weighted by Crippen LogP contribution is -2.26. The van der Waals surface area contributed by atoms with Gasteiger partial charge in [-0.15, -0.1) is 0 Å². The lowest BCUT2D eigenvalue weighted by Gasteiger charge is -2.16. The summed E-state index contributed by atoms with van der Waals surface area (Å²) < 4.78 is 15.7. The molecule has 5 heteroatoms. The Kier molecular flexibility index (Phi) is 5.47. The molecule has 1 N–H and O–H groups in total. The van der Waals surface area contributed by atoms with Crippen LogP contribution in [0.25, 0.3) is 0 Å². The van der Waals surface area contributed by atoms with Gasteiger partial charge in [0.25, 0.3) is 0 Å². The number of carbonyl (C=O) groups is 1. The number of furan rings is 1. The van der Waals surface area contributed by atoms with Gasteiger partial charge in [-0.1, -0.05) is 6.07 Å². The van der Waals surface area contributed by atoms with Crippen molar-refractivity contribution in [3.05, 3.63) is 47.9 Å². The van der Waals surface area contributed by atoms with Gasteiger partial charge in [0.1, 0.15) is 5.76 Å². The van der Waals surface area contributed by atoms with E-state index in [2.05, 4.69) is 5.32 Å². The van der Waals surface area contributed by atoms with Crippen LogP contribution in [0.3, 0.4) is 0 Å². The van der Waals surface area contributed by atoms with Crippen LogP contribution in [0.1, 0.15) is 30.7 Å². The van der Waals surface area contributed by atoms with Crippen LogP contribution in [0.15, 0.2) is 41.0 Å². The maximum absolute atomic E-state index is 12.0. The second-order valence-electron chi connectivity index (χ2n) is 4.98. The van der Waals surface area contributed by atoms with Crippen molar-refractivity contribution in [2.24, 2.45) is 0 Å². The number of hydrogen-bond donors (Lipinski definition) is 1. The van der Waals surface area contributed by atoms with E-state index in [1.807, 2.05) is 37.3 Å². The van der Waals surface area contributed by atoms with Crippen molar-refractivity contribution in [3.8, 4) is 11.5 Å². The van der Waals surface area contributed by atoms with Crippen molar-refractivity contribution in [2.75, 3.05) is 14.2 Å². The molecule has 0 fully saturated rings. The zero-order chi connectivity index (χ0) is 15.9. The number of hydrogen-bond acceptors (Lipinski definition) is 4. The number of methoxy groups -OCH3 is 2. The van der Waals surface area contributed by atoms with E-state index in [0.29, 0.717) is 24.3 Å². The minimum Gasteiger partial charge on any atom is -0.493 e. The van der Waals surface area contributed by atoms with E-state index in [4.69, 9.17) is 13.9 Å². The van der Waals surface area contributed by atoms with Crippen molar-refractivity contribution in [1.29, 1.82) is 0 Å². The van der Waals surface area contributed by atoms with E-state index in [9.17, 15) is 4.79 Å². The van der Waals surface area contributed by atoms with E-state index in [0.717, 1.165) is 11.3 Å². The van der Waals surface area contributed by atoms with Gasteiger partial charge in [-0.05, 0) is 36.8 Å². The molecule has 22 heavy (non-hydrogen) atoms. The van der Waals surface area contributed by atoms with Crippen molar-refractivity contribution in [3.63, 3.8) is 0 Å². The second kappa shape index (κ2) is 7.54.